The highest BCUT2D eigenvalue weighted by molar-refractivity contribution is 5.85. The van der Waals surface area contributed by atoms with E-state index in [0.29, 0.717) is 0 Å². The van der Waals surface area contributed by atoms with Crippen LogP contribution in [0, 0.1) is 0 Å². The number of hydrogen-bond donors (Lipinski definition) is 1. The van der Waals surface area contributed by atoms with Gasteiger partial charge in [0.05, 0.1) is 12.2 Å². The van der Waals surface area contributed by atoms with Gasteiger partial charge in [0.25, 0.3) is 0 Å². The molecule has 1 rings (SSSR count). The van der Waals surface area contributed by atoms with Gasteiger partial charge in [-0.15, -0.1) is 12.4 Å². The Labute approximate surface area is 164 Å². The number of rotatable bonds is 16. The molecule has 0 aromatic rings. The van der Waals surface area contributed by atoms with Crippen LogP contribution in [0.15, 0.2) is 0 Å². The number of nitrogens with one attached hydrogen (secondary N) is 1. The molecule has 1 atom stereocenters. The Balaban J connectivity index is 0.00000576. The van der Waals surface area contributed by atoms with Crippen LogP contribution in [0.4, 0.5) is 0 Å². The molecule has 1 aliphatic rings. The van der Waals surface area contributed by atoms with Crippen molar-refractivity contribution in [3.05, 3.63) is 0 Å². The van der Waals surface area contributed by atoms with Crippen LogP contribution in [-0.2, 0) is 4.74 Å². The maximum absolute atomic E-state index is 6.07. The van der Waals surface area contributed by atoms with Gasteiger partial charge in [0.2, 0.25) is 0 Å². The quantitative estimate of drug-likeness (QED) is 0.292. The second kappa shape index (κ2) is 17.6. The minimum atomic E-state index is 0. The van der Waals surface area contributed by atoms with E-state index >= 15 is 0 Å². The van der Waals surface area contributed by atoms with Crippen molar-refractivity contribution in [1.82, 2.24) is 5.32 Å². The Bertz CT molecular complexity index is 267. The molecule has 25 heavy (non-hydrogen) atoms. The average molecular weight is 376 g/mol. The van der Waals surface area contributed by atoms with E-state index in [-0.39, 0.29) is 18.0 Å². The SMILES string of the molecule is CCCCCCCCCCCCCCCCC1(CC)CNCCO1.Cl. The third kappa shape index (κ3) is 13.1. The van der Waals surface area contributed by atoms with Crippen LogP contribution in [0.1, 0.15) is 117 Å². The summed E-state index contributed by atoms with van der Waals surface area (Å²) in [6.45, 7) is 7.55. The monoisotopic (exact) mass is 375 g/mol. The van der Waals surface area contributed by atoms with Gasteiger partial charge in [-0.2, -0.15) is 0 Å². The molecule has 1 fully saturated rings. The first-order valence-electron chi connectivity index (χ1n) is 11.2. The van der Waals surface area contributed by atoms with Crippen molar-refractivity contribution in [3.63, 3.8) is 0 Å². The summed E-state index contributed by atoms with van der Waals surface area (Å²) in [6, 6.07) is 0. The summed E-state index contributed by atoms with van der Waals surface area (Å²) in [5.41, 5.74) is 0.148. The summed E-state index contributed by atoms with van der Waals surface area (Å²) in [5, 5.41) is 3.50. The molecule has 0 bridgehead atoms. The maximum Gasteiger partial charge on any atom is 0.0804 e. The van der Waals surface area contributed by atoms with Gasteiger partial charge in [0, 0.05) is 13.1 Å². The number of morpholine rings is 1. The summed E-state index contributed by atoms with van der Waals surface area (Å²) in [4.78, 5) is 0. The van der Waals surface area contributed by atoms with Crippen LogP contribution in [-0.4, -0.2) is 25.3 Å². The summed E-state index contributed by atoms with van der Waals surface area (Å²) in [5.74, 6) is 0. The van der Waals surface area contributed by atoms with Gasteiger partial charge in [0.1, 0.15) is 0 Å². The minimum Gasteiger partial charge on any atom is -0.372 e. The van der Waals surface area contributed by atoms with Crippen molar-refractivity contribution in [3.8, 4) is 0 Å². The van der Waals surface area contributed by atoms with Crippen LogP contribution < -0.4 is 5.32 Å². The summed E-state index contributed by atoms with van der Waals surface area (Å²) in [7, 11) is 0. The van der Waals surface area contributed by atoms with Gasteiger partial charge in [-0.3, -0.25) is 0 Å². The van der Waals surface area contributed by atoms with Crippen LogP contribution in [0.3, 0.4) is 0 Å². The van der Waals surface area contributed by atoms with E-state index in [1.54, 1.807) is 0 Å². The predicted molar refractivity (Wildman–Crippen MR) is 114 cm³/mol. The molecule has 1 heterocycles. The highest BCUT2D eigenvalue weighted by Crippen LogP contribution is 2.25. The molecular weight excluding hydrogens is 330 g/mol. The van der Waals surface area contributed by atoms with Crippen LogP contribution in [0.5, 0.6) is 0 Å². The summed E-state index contributed by atoms with van der Waals surface area (Å²) in [6.07, 6.45) is 22.5. The van der Waals surface area contributed by atoms with Gasteiger partial charge in [-0.25, -0.2) is 0 Å². The van der Waals surface area contributed by atoms with E-state index in [1.807, 2.05) is 0 Å². The highest BCUT2D eigenvalue weighted by Gasteiger charge is 2.30. The van der Waals surface area contributed by atoms with Gasteiger partial charge in [0.15, 0.2) is 0 Å². The molecule has 3 heteroatoms. The molecule has 0 radical (unpaired) electrons. The molecule has 2 nitrogen and oxygen atoms in total. The molecule has 0 saturated carbocycles. The first kappa shape index (κ1) is 25.2. The Morgan fingerprint density at radius 2 is 1.20 bits per heavy atom. The van der Waals surface area contributed by atoms with Crippen molar-refractivity contribution in [1.29, 1.82) is 0 Å². The molecule has 1 N–H and O–H groups in total. The number of halogens is 1. The Hall–Kier alpha value is 0.210. The van der Waals surface area contributed by atoms with Crippen molar-refractivity contribution in [2.24, 2.45) is 0 Å². The van der Waals surface area contributed by atoms with E-state index in [9.17, 15) is 0 Å². The predicted octanol–water partition coefficient (Wildman–Crippen LogP) is 7.05. The topological polar surface area (TPSA) is 21.3 Å². The van der Waals surface area contributed by atoms with E-state index < -0.39 is 0 Å². The Morgan fingerprint density at radius 1 is 0.720 bits per heavy atom. The van der Waals surface area contributed by atoms with Crippen molar-refractivity contribution < 1.29 is 4.74 Å². The summed E-state index contributed by atoms with van der Waals surface area (Å²) < 4.78 is 6.07. The standard InChI is InChI=1S/C22H45NO.ClH/c1-3-5-6-7-8-9-10-11-12-13-14-15-16-17-18-22(4-2)21-23-19-20-24-22;/h23H,3-21H2,1-2H3;1H. The smallest absolute Gasteiger partial charge is 0.0804 e. The molecule has 1 unspecified atom stereocenters. The zero-order valence-electron chi connectivity index (χ0n) is 17.3. The second-order valence-corrected chi connectivity index (χ2v) is 7.91. The third-order valence-electron chi connectivity index (χ3n) is 5.76. The molecule has 0 aliphatic carbocycles. The molecule has 0 aromatic heterocycles. The fourth-order valence-corrected chi connectivity index (χ4v) is 3.91. The molecule has 0 spiro atoms. The molecule has 0 aromatic carbocycles. The molecule has 1 aliphatic heterocycles. The second-order valence-electron chi connectivity index (χ2n) is 7.91. The van der Waals surface area contributed by atoms with Crippen LogP contribution >= 0.6 is 12.4 Å². The lowest BCUT2D eigenvalue weighted by Gasteiger charge is -2.37. The van der Waals surface area contributed by atoms with Gasteiger partial charge < -0.3 is 10.1 Å². The largest absolute Gasteiger partial charge is 0.372 e. The first-order valence-corrected chi connectivity index (χ1v) is 11.2. The number of hydrogen-bond acceptors (Lipinski definition) is 2. The van der Waals surface area contributed by atoms with Gasteiger partial charge in [-0.05, 0) is 12.8 Å². The first-order chi connectivity index (χ1) is 11.8. The lowest BCUT2D eigenvalue weighted by Crippen LogP contribution is -2.49. The summed E-state index contributed by atoms with van der Waals surface area (Å²) >= 11 is 0. The lowest BCUT2D eigenvalue weighted by atomic mass is 9.91. The fourth-order valence-electron chi connectivity index (χ4n) is 3.91. The van der Waals surface area contributed by atoms with E-state index in [2.05, 4.69) is 19.2 Å². The average Bonchev–Trinajstić information content (AvgIpc) is 2.63. The Kier molecular flexibility index (Phi) is 17.8. The third-order valence-corrected chi connectivity index (χ3v) is 5.76. The van der Waals surface area contributed by atoms with Crippen molar-refractivity contribution in [2.75, 3.05) is 19.7 Å². The number of ether oxygens (including phenoxy) is 1. The van der Waals surface area contributed by atoms with Gasteiger partial charge >= 0.3 is 0 Å². The van der Waals surface area contributed by atoms with E-state index in [0.717, 1.165) is 26.1 Å². The zero-order valence-corrected chi connectivity index (χ0v) is 18.1. The highest BCUT2D eigenvalue weighted by atomic mass is 35.5. The van der Waals surface area contributed by atoms with E-state index in [4.69, 9.17) is 4.74 Å². The van der Waals surface area contributed by atoms with Crippen LogP contribution in [0.25, 0.3) is 0 Å². The molecule has 152 valence electrons. The van der Waals surface area contributed by atoms with Crippen molar-refractivity contribution >= 4 is 12.4 Å². The maximum atomic E-state index is 6.07. The minimum absolute atomic E-state index is 0. The lowest BCUT2D eigenvalue weighted by molar-refractivity contribution is -0.0748. The van der Waals surface area contributed by atoms with Gasteiger partial charge in [-0.1, -0.05) is 104 Å². The Morgan fingerprint density at radius 3 is 1.60 bits per heavy atom. The normalized spacial score (nSPS) is 20.4. The fraction of sp³-hybridized carbons (Fsp3) is 1.00. The van der Waals surface area contributed by atoms with Crippen LogP contribution in [0.2, 0.25) is 0 Å². The molecule has 0 amide bonds. The van der Waals surface area contributed by atoms with Crippen molar-refractivity contribution in [2.45, 2.75) is 122 Å². The molecular formula is C22H46ClNO. The molecule has 1 saturated heterocycles. The zero-order chi connectivity index (χ0) is 17.3. The number of unbranched alkanes of at least 4 members (excludes halogenated alkanes) is 13. The van der Waals surface area contributed by atoms with E-state index in [1.165, 1.54) is 96.3 Å².